The molecule has 1 aromatic rings. The van der Waals surface area contributed by atoms with Crippen molar-refractivity contribution >= 4 is 23.9 Å². The van der Waals surface area contributed by atoms with Crippen LogP contribution in [-0.4, -0.2) is 157 Å². The van der Waals surface area contributed by atoms with Crippen molar-refractivity contribution in [1.82, 2.24) is 24.3 Å². The zero-order valence-corrected chi connectivity index (χ0v) is 28.9. The predicted molar refractivity (Wildman–Crippen MR) is 172 cm³/mol. The summed E-state index contributed by atoms with van der Waals surface area (Å²) in [4.78, 5) is 63.8. The summed E-state index contributed by atoms with van der Waals surface area (Å²) >= 11 is 0. The fourth-order valence-electron chi connectivity index (χ4n) is 4.48. The number of aromatic hydroxyl groups is 2. The van der Waals surface area contributed by atoms with E-state index >= 15 is 0 Å². The Bertz CT molecular complexity index is 1060. The Labute approximate surface area is 278 Å². The number of nitrogens with zero attached hydrogens (tertiary/aromatic N) is 5. The summed E-state index contributed by atoms with van der Waals surface area (Å²) in [6.07, 6.45) is 0. The van der Waals surface area contributed by atoms with Crippen molar-refractivity contribution in [3.05, 3.63) is 12.1 Å². The minimum atomic E-state index is -0.726. The van der Waals surface area contributed by atoms with Crippen LogP contribution < -0.4 is 4.84 Å². The van der Waals surface area contributed by atoms with Gasteiger partial charge in [-0.25, -0.2) is 4.79 Å². The van der Waals surface area contributed by atoms with Gasteiger partial charge in [0.15, 0.2) is 0 Å². The predicted octanol–water partition coefficient (Wildman–Crippen LogP) is 0.674. The lowest BCUT2D eigenvalue weighted by Crippen LogP contribution is -2.49. The summed E-state index contributed by atoms with van der Waals surface area (Å²) in [6, 6.07) is 2.39. The highest BCUT2D eigenvalue weighted by Gasteiger charge is 2.24. The van der Waals surface area contributed by atoms with Gasteiger partial charge in [-0.3, -0.25) is 34.0 Å². The minimum absolute atomic E-state index is 0.0234. The molecule has 1 saturated heterocycles. The van der Waals surface area contributed by atoms with Gasteiger partial charge >= 0.3 is 23.9 Å². The quantitative estimate of drug-likeness (QED) is 0.198. The summed E-state index contributed by atoms with van der Waals surface area (Å²) in [5.41, 5.74) is 0. The summed E-state index contributed by atoms with van der Waals surface area (Å²) < 4.78 is 16.9. The summed E-state index contributed by atoms with van der Waals surface area (Å²) in [5.74, 6) is -2.11. The van der Waals surface area contributed by atoms with Gasteiger partial charge in [0.1, 0.15) is 0 Å². The zero-order chi connectivity index (χ0) is 34.9. The van der Waals surface area contributed by atoms with Crippen molar-refractivity contribution in [2.24, 2.45) is 17.8 Å². The second-order valence-corrected chi connectivity index (χ2v) is 13.1. The lowest BCUT2D eigenvalue weighted by atomic mass is 10.2. The summed E-state index contributed by atoms with van der Waals surface area (Å²) in [6.45, 7) is 15.8. The standard InChI is InChI=1S/C32H55N5O10/c1-24(2)21-44-29(40)17-33-9-11-34(18-30(41)45-22-25(3)4)13-15-36(20-32(43)47-37-27(38)7-8-28(37)39)16-14-35(12-10-33)19-31(42)46-23-26(5)6/h7-8,24-26,38-39H,9-23H2,1-6H3. The Hall–Kier alpha value is -3.40. The highest BCUT2D eigenvalue weighted by molar-refractivity contribution is 5.73. The van der Waals surface area contributed by atoms with Gasteiger partial charge in [-0.15, -0.1) is 4.73 Å². The van der Waals surface area contributed by atoms with Crippen molar-refractivity contribution in [3.63, 3.8) is 0 Å². The maximum absolute atomic E-state index is 12.9. The first-order chi connectivity index (χ1) is 22.2. The summed E-state index contributed by atoms with van der Waals surface area (Å²) in [5, 5.41) is 19.8. The second kappa shape index (κ2) is 20.8. The van der Waals surface area contributed by atoms with Crippen LogP contribution >= 0.6 is 0 Å². The number of hydrogen-bond acceptors (Lipinski definition) is 14. The largest absolute Gasteiger partial charge is 0.492 e. The van der Waals surface area contributed by atoms with Crippen LogP contribution in [0.2, 0.25) is 0 Å². The molecule has 2 heterocycles. The van der Waals surface area contributed by atoms with Gasteiger partial charge in [-0.1, -0.05) is 41.5 Å². The molecule has 2 N–H and O–H groups in total. The number of hydrogen-bond donors (Lipinski definition) is 2. The Morgan fingerprint density at radius 2 is 0.787 bits per heavy atom. The molecule has 0 unspecified atom stereocenters. The van der Waals surface area contributed by atoms with Crippen LogP contribution in [0.4, 0.5) is 0 Å². The number of aromatic nitrogens is 1. The lowest BCUT2D eigenvalue weighted by Gasteiger charge is -2.33. The molecule has 47 heavy (non-hydrogen) atoms. The van der Waals surface area contributed by atoms with Crippen LogP contribution in [0.1, 0.15) is 41.5 Å². The van der Waals surface area contributed by atoms with Crippen molar-refractivity contribution < 1.29 is 48.4 Å². The number of rotatable bonds is 15. The molecule has 1 aromatic heterocycles. The van der Waals surface area contributed by atoms with Crippen molar-refractivity contribution in [2.75, 3.05) is 98.4 Å². The molecule has 0 atom stereocenters. The third kappa shape index (κ3) is 16.8. The van der Waals surface area contributed by atoms with E-state index in [0.29, 0.717) is 76.9 Å². The van der Waals surface area contributed by atoms with E-state index < -0.39 is 17.7 Å². The SMILES string of the molecule is CC(C)COC(=O)CN1CCN(CC(=O)OCC(C)C)CCN(CC(=O)On2c(O)ccc2O)CCN(CC(=O)OCC(C)C)CC1. The minimum Gasteiger partial charge on any atom is -0.492 e. The van der Waals surface area contributed by atoms with Gasteiger partial charge in [0.05, 0.1) is 46.0 Å². The first-order valence-corrected chi connectivity index (χ1v) is 16.4. The van der Waals surface area contributed by atoms with Crippen molar-refractivity contribution in [3.8, 4) is 11.8 Å². The molecule has 0 saturated carbocycles. The molecule has 1 aliphatic rings. The molecular weight excluding hydrogens is 614 g/mol. The van der Waals surface area contributed by atoms with E-state index in [4.69, 9.17) is 19.0 Å². The molecule has 0 aromatic carbocycles. The number of carbonyl (C=O) groups is 4. The van der Waals surface area contributed by atoms with E-state index in [9.17, 15) is 29.4 Å². The van der Waals surface area contributed by atoms with Crippen LogP contribution in [0.15, 0.2) is 12.1 Å². The first-order valence-electron chi connectivity index (χ1n) is 16.4. The van der Waals surface area contributed by atoms with Gasteiger partial charge in [0.25, 0.3) is 0 Å². The molecule has 0 aliphatic carbocycles. The highest BCUT2D eigenvalue weighted by atomic mass is 16.7. The molecule has 2 rings (SSSR count). The lowest BCUT2D eigenvalue weighted by molar-refractivity contribution is -0.149. The maximum Gasteiger partial charge on any atom is 0.347 e. The second-order valence-electron chi connectivity index (χ2n) is 13.1. The van der Waals surface area contributed by atoms with E-state index in [0.717, 1.165) is 0 Å². The molecule has 0 spiro atoms. The van der Waals surface area contributed by atoms with Gasteiger partial charge in [0, 0.05) is 64.5 Å². The normalized spacial score (nSPS) is 16.5. The molecule has 15 nitrogen and oxygen atoms in total. The van der Waals surface area contributed by atoms with E-state index in [1.165, 1.54) is 12.1 Å². The van der Waals surface area contributed by atoms with Gasteiger partial charge in [-0.05, 0) is 17.8 Å². The van der Waals surface area contributed by atoms with Gasteiger partial charge in [-0.2, -0.15) is 0 Å². The van der Waals surface area contributed by atoms with Crippen LogP contribution in [-0.2, 0) is 33.4 Å². The Balaban J connectivity index is 2.24. The smallest absolute Gasteiger partial charge is 0.347 e. The molecular formula is C32H55N5O10. The van der Waals surface area contributed by atoms with E-state index in [-0.39, 0.29) is 61.8 Å². The number of esters is 3. The van der Waals surface area contributed by atoms with E-state index in [1.54, 1.807) is 0 Å². The molecule has 1 aliphatic heterocycles. The van der Waals surface area contributed by atoms with Crippen LogP contribution in [0.5, 0.6) is 11.8 Å². The zero-order valence-electron chi connectivity index (χ0n) is 28.9. The first kappa shape index (κ1) is 39.8. The molecule has 0 bridgehead atoms. The van der Waals surface area contributed by atoms with Crippen molar-refractivity contribution in [2.45, 2.75) is 41.5 Å². The van der Waals surface area contributed by atoms with Crippen LogP contribution in [0.3, 0.4) is 0 Å². The molecule has 15 heteroatoms. The monoisotopic (exact) mass is 669 g/mol. The maximum atomic E-state index is 12.9. The van der Waals surface area contributed by atoms with Gasteiger partial charge in [0.2, 0.25) is 11.8 Å². The fourth-order valence-corrected chi connectivity index (χ4v) is 4.48. The number of carbonyl (C=O) groups excluding carboxylic acids is 4. The van der Waals surface area contributed by atoms with Crippen molar-refractivity contribution in [1.29, 1.82) is 0 Å². The molecule has 0 amide bonds. The fraction of sp³-hybridized carbons (Fsp3) is 0.750. The highest BCUT2D eigenvalue weighted by Crippen LogP contribution is 2.18. The molecule has 268 valence electrons. The average molecular weight is 670 g/mol. The van der Waals surface area contributed by atoms with Gasteiger partial charge < -0.3 is 29.3 Å². The third-order valence-corrected chi connectivity index (χ3v) is 7.06. The topological polar surface area (TPSA) is 164 Å². The molecule has 0 radical (unpaired) electrons. The third-order valence-electron chi connectivity index (χ3n) is 7.06. The van der Waals surface area contributed by atoms with E-state index in [1.807, 2.05) is 61.1 Å². The molecule has 1 fully saturated rings. The van der Waals surface area contributed by atoms with Crippen LogP contribution in [0.25, 0.3) is 0 Å². The Morgan fingerprint density at radius 3 is 1.04 bits per heavy atom. The Kier molecular flexibility index (Phi) is 17.6. The summed E-state index contributed by atoms with van der Waals surface area (Å²) in [7, 11) is 0. The number of ether oxygens (including phenoxy) is 3. The van der Waals surface area contributed by atoms with Crippen LogP contribution in [0, 0.1) is 17.8 Å². The average Bonchev–Trinajstić information content (AvgIpc) is 3.31. The Morgan fingerprint density at radius 1 is 0.532 bits per heavy atom. The van der Waals surface area contributed by atoms with E-state index in [2.05, 4.69) is 0 Å².